The van der Waals surface area contributed by atoms with Crippen molar-refractivity contribution in [1.29, 1.82) is 0 Å². The van der Waals surface area contributed by atoms with Gasteiger partial charge in [-0.3, -0.25) is 9.59 Å². The number of fused-ring (bicyclic) bond motifs is 3. The molecule has 4 aromatic rings. The van der Waals surface area contributed by atoms with E-state index in [4.69, 9.17) is 16.6 Å². The van der Waals surface area contributed by atoms with Gasteiger partial charge in [0, 0.05) is 59.5 Å². The molecule has 3 saturated carbocycles. The second-order valence-electron chi connectivity index (χ2n) is 13.2. The van der Waals surface area contributed by atoms with Crippen molar-refractivity contribution in [2.24, 2.45) is 0 Å². The molecule has 4 N–H and O–H groups in total. The van der Waals surface area contributed by atoms with Crippen molar-refractivity contribution >= 4 is 54.0 Å². The minimum Gasteiger partial charge on any atom is -0.360 e. The number of anilines is 2. The van der Waals surface area contributed by atoms with Gasteiger partial charge in [0.1, 0.15) is 0 Å². The van der Waals surface area contributed by atoms with Gasteiger partial charge in [-0.25, -0.2) is 9.97 Å². The van der Waals surface area contributed by atoms with Crippen LogP contribution in [0.2, 0.25) is 30.7 Å². The van der Waals surface area contributed by atoms with E-state index >= 15 is 0 Å². The standard InChI is InChI=1S/C32H37ClN6O2Si/c1-42(2,3)16-13-27(40)36-22-11-9-21(10-12-22)29(41)38-31-14-6-15-32(19-31,20-31)39-30-35-18-25(33)28(37-30)24-17-34-26-8-5-4-7-23(24)26/h4-5,7-12,17-18,34H,6,13-16,19-20H2,1-3H3,(H,36,40)(H,38,41)(H,35,37,39). The number of para-hydroxylation sites is 1. The molecule has 2 heterocycles. The number of rotatable bonds is 9. The first-order valence-electron chi connectivity index (χ1n) is 14.6. The first-order valence-corrected chi connectivity index (χ1v) is 18.7. The minimum atomic E-state index is -1.27. The van der Waals surface area contributed by atoms with Crippen molar-refractivity contribution in [2.75, 3.05) is 10.6 Å². The van der Waals surface area contributed by atoms with Gasteiger partial charge in [0.25, 0.3) is 5.91 Å². The predicted molar refractivity (Wildman–Crippen MR) is 172 cm³/mol. The van der Waals surface area contributed by atoms with Crippen molar-refractivity contribution < 1.29 is 9.59 Å². The summed E-state index contributed by atoms with van der Waals surface area (Å²) in [7, 11) is -1.27. The van der Waals surface area contributed by atoms with Crippen molar-refractivity contribution in [1.82, 2.24) is 20.3 Å². The highest BCUT2D eigenvalue weighted by Gasteiger charge is 2.58. The lowest BCUT2D eigenvalue weighted by molar-refractivity contribution is -0.115. The van der Waals surface area contributed by atoms with E-state index in [9.17, 15) is 9.59 Å². The first kappa shape index (κ1) is 28.4. The maximum Gasteiger partial charge on any atom is 0.251 e. The summed E-state index contributed by atoms with van der Waals surface area (Å²) >= 11 is 6.54. The number of amides is 2. The van der Waals surface area contributed by atoms with Crippen LogP contribution in [0.5, 0.6) is 0 Å². The Labute approximate surface area is 252 Å². The first-order chi connectivity index (χ1) is 20.0. The van der Waals surface area contributed by atoms with Crippen molar-refractivity contribution in [3.05, 3.63) is 71.5 Å². The molecule has 0 spiro atoms. The zero-order valence-corrected chi connectivity index (χ0v) is 26.1. The fraction of sp³-hybridized carbons (Fsp3) is 0.375. The second-order valence-corrected chi connectivity index (χ2v) is 19.2. The predicted octanol–water partition coefficient (Wildman–Crippen LogP) is 7.24. The number of hydrogen-bond acceptors (Lipinski definition) is 5. The molecule has 2 bridgehead atoms. The van der Waals surface area contributed by atoms with E-state index in [2.05, 4.69) is 51.6 Å². The topological polar surface area (TPSA) is 112 Å². The van der Waals surface area contributed by atoms with Crippen LogP contribution >= 0.6 is 11.6 Å². The molecule has 8 nitrogen and oxygen atoms in total. The summed E-state index contributed by atoms with van der Waals surface area (Å²) in [4.78, 5) is 38.1. The summed E-state index contributed by atoms with van der Waals surface area (Å²) in [5, 5.41) is 11.4. The normalized spacial score (nSPS) is 21.4. The van der Waals surface area contributed by atoms with E-state index in [1.807, 2.05) is 24.4 Å². The Morgan fingerprint density at radius 3 is 2.52 bits per heavy atom. The van der Waals surface area contributed by atoms with Gasteiger partial charge in [-0.2, -0.15) is 0 Å². The zero-order chi connectivity index (χ0) is 29.5. The lowest BCUT2D eigenvalue weighted by atomic mass is 9.54. The number of benzene rings is 2. The molecule has 3 aliphatic rings. The Bertz CT molecular complexity index is 1640. The molecule has 218 valence electrons. The summed E-state index contributed by atoms with van der Waals surface area (Å²) in [6.45, 7) is 6.78. The number of halogens is 1. The van der Waals surface area contributed by atoms with Crippen LogP contribution in [-0.4, -0.2) is 45.9 Å². The number of aromatic amines is 1. The lowest BCUT2D eigenvalue weighted by Gasteiger charge is -2.60. The molecule has 0 aliphatic heterocycles. The van der Waals surface area contributed by atoms with E-state index in [1.54, 1.807) is 30.5 Å². The molecule has 42 heavy (non-hydrogen) atoms. The van der Waals surface area contributed by atoms with Crippen molar-refractivity contribution in [3.63, 3.8) is 0 Å². The van der Waals surface area contributed by atoms with E-state index < -0.39 is 8.07 Å². The molecule has 0 saturated heterocycles. The molecule has 3 aliphatic carbocycles. The van der Waals surface area contributed by atoms with Crippen LogP contribution in [0.4, 0.5) is 11.6 Å². The van der Waals surface area contributed by atoms with E-state index in [-0.39, 0.29) is 22.9 Å². The average molecular weight is 601 g/mol. The Kier molecular flexibility index (Phi) is 7.35. The molecule has 2 aromatic carbocycles. The number of carbonyl (C=O) groups is 2. The maximum absolute atomic E-state index is 13.2. The lowest BCUT2D eigenvalue weighted by Crippen LogP contribution is -2.70. The van der Waals surface area contributed by atoms with Crippen LogP contribution < -0.4 is 16.0 Å². The van der Waals surface area contributed by atoms with Crippen molar-refractivity contribution in [3.8, 4) is 11.3 Å². The molecule has 2 amide bonds. The third kappa shape index (κ3) is 5.94. The quantitative estimate of drug-likeness (QED) is 0.151. The fourth-order valence-electron chi connectivity index (χ4n) is 6.52. The van der Waals surface area contributed by atoms with Crippen LogP contribution in [0.1, 0.15) is 48.9 Å². The Balaban J connectivity index is 1.09. The summed E-state index contributed by atoms with van der Waals surface area (Å²) in [5.74, 6) is 0.475. The van der Waals surface area contributed by atoms with Gasteiger partial charge in [-0.1, -0.05) is 49.4 Å². The number of hydrogen-bond donors (Lipinski definition) is 4. The number of H-pyrrole nitrogens is 1. The summed E-state index contributed by atoms with van der Waals surface area (Å²) < 4.78 is 0. The molecule has 0 atom stereocenters. The van der Waals surface area contributed by atoms with Gasteiger partial charge in [0.05, 0.1) is 16.9 Å². The number of aromatic nitrogens is 3. The molecule has 10 heteroatoms. The van der Waals surface area contributed by atoms with Crippen molar-refractivity contribution in [2.45, 2.75) is 75.3 Å². The van der Waals surface area contributed by atoms with Crippen LogP contribution in [0.3, 0.4) is 0 Å². The average Bonchev–Trinajstić information content (AvgIpc) is 3.37. The molecule has 2 aromatic heterocycles. The molecule has 7 rings (SSSR count). The van der Waals surface area contributed by atoms with Crippen LogP contribution in [0, 0.1) is 0 Å². The van der Waals surface area contributed by atoms with E-state index in [1.165, 1.54) is 0 Å². The third-order valence-corrected chi connectivity index (χ3v) is 10.6. The maximum atomic E-state index is 13.2. The van der Waals surface area contributed by atoms with E-state index in [0.29, 0.717) is 34.3 Å². The Morgan fingerprint density at radius 1 is 1.02 bits per heavy atom. The summed E-state index contributed by atoms with van der Waals surface area (Å²) in [6.07, 6.45) is 8.66. The van der Waals surface area contributed by atoms with Crippen LogP contribution in [0.15, 0.2) is 60.9 Å². The highest BCUT2D eigenvalue weighted by atomic mass is 35.5. The van der Waals surface area contributed by atoms with Gasteiger partial charge >= 0.3 is 0 Å². The molecular formula is C32H37ClN6O2Si. The second kappa shape index (κ2) is 10.9. The Hall–Kier alpha value is -3.69. The highest BCUT2D eigenvalue weighted by Crippen LogP contribution is 2.53. The van der Waals surface area contributed by atoms with Gasteiger partial charge in [-0.15, -0.1) is 0 Å². The minimum absolute atomic E-state index is 0.0206. The number of nitrogens with one attached hydrogen (secondary N) is 4. The summed E-state index contributed by atoms with van der Waals surface area (Å²) in [6, 6.07) is 16.2. The number of nitrogens with zero attached hydrogens (tertiary/aromatic N) is 2. The third-order valence-electron chi connectivity index (χ3n) is 8.54. The number of carbonyl (C=O) groups excluding carboxylic acids is 2. The zero-order valence-electron chi connectivity index (χ0n) is 24.3. The largest absolute Gasteiger partial charge is 0.360 e. The molecule has 0 unspecified atom stereocenters. The molecule has 0 radical (unpaired) electrons. The monoisotopic (exact) mass is 600 g/mol. The Morgan fingerprint density at radius 2 is 1.76 bits per heavy atom. The summed E-state index contributed by atoms with van der Waals surface area (Å²) in [5.41, 5.74) is 3.54. The fourth-order valence-corrected chi connectivity index (χ4v) is 7.68. The van der Waals surface area contributed by atoms with Gasteiger partial charge in [-0.05, 0) is 68.5 Å². The molecule has 3 fully saturated rings. The van der Waals surface area contributed by atoms with Crippen LogP contribution in [-0.2, 0) is 4.79 Å². The SMILES string of the molecule is C[Si](C)(C)CCC(=O)Nc1ccc(C(=O)NC23CCCC(Nc4ncc(Cl)c(-c5c[nH]c6ccccc56)n4)(C2)C3)cc1. The van der Waals surface area contributed by atoms with Gasteiger partial charge < -0.3 is 20.9 Å². The molecular weight excluding hydrogens is 564 g/mol. The smallest absolute Gasteiger partial charge is 0.251 e. The van der Waals surface area contributed by atoms with Gasteiger partial charge in [0.15, 0.2) is 0 Å². The van der Waals surface area contributed by atoms with E-state index in [0.717, 1.165) is 54.6 Å². The highest BCUT2D eigenvalue weighted by molar-refractivity contribution is 6.76. The van der Waals surface area contributed by atoms with Crippen LogP contribution in [0.25, 0.3) is 22.2 Å². The van der Waals surface area contributed by atoms with Gasteiger partial charge in [0.2, 0.25) is 11.9 Å².